The molecule has 0 amide bonds. The van der Waals surface area contributed by atoms with Crippen LogP contribution in [0.15, 0.2) is 65.4 Å². The lowest BCUT2D eigenvalue weighted by atomic mass is 10.1. The van der Waals surface area contributed by atoms with E-state index in [-0.39, 0.29) is 11.8 Å². The molecule has 2 aromatic heterocycles. The molecule has 0 aliphatic rings. The lowest BCUT2D eigenvalue weighted by Gasteiger charge is -2.14. The van der Waals surface area contributed by atoms with Gasteiger partial charge in [0, 0.05) is 28.9 Å². The Kier molecular flexibility index (Phi) is 6.31. The van der Waals surface area contributed by atoms with E-state index in [4.69, 9.17) is 9.97 Å². The molecule has 8 heteroatoms. The van der Waals surface area contributed by atoms with Crippen molar-refractivity contribution >= 4 is 38.1 Å². The first kappa shape index (κ1) is 21.4. The molecule has 4 aromatic rings. The van der Waals surface area contributed by atoms with Crippen LogP contribution in [0.25, 0.3) is 22.3 Å². The highest BCUT2D eigenvalue weighted by atomic mass is 32.2. The molecule has 0 bridgehead atoms. The normalized spacial score (nSPS) is 11.8. The third-order valence-corrected chi connectivity index (χ3v) is 6.91. The van der Waals surface area contributed by atoms with Gasteiger partial charge < -0.3 is 5.32 Å². The molecule has 2 aromatic carbocycles. The number of hydrogen-bond acceptors (Lipinski definition) is 6. The third-order valence-electron chi connectivity index (χ3n) is 4.71. The molecule has 0 aliphatic carbocycles. The summed E-state index contributed by atoms with van der Waals surface area (Å²) in [6, 6.07) is 17.3. The Hall–Kier alpha value is -2.81. The van der Waals surface area contributed by atoms with Gasteiger partial charge >= 0.3 is 0 Å². The summed E-state index contributed by atoms with van der Waals surface area (Å²) >= 11 is 1.60. The number of thiophene rings is 1. The molecule has 4 rings (SSSR count). The van der Waals surface area contributed by atoms with Crippen molar-refractivity contribution in [1.82, 2.24) is 14.7 Å². The molecule has 6 nitrogen and oxygen atoms in total. The lowest BCUT2D eigenvalue weighted by Crippen LogP contribution is -2.31. The third kappa shape index (κ3) is 5.28. The van der Waals surface area contributed by atoms with E-state index in [0.717, 1.165) is 33.4 Å². The summed E-state index contributed by atoms with van der Waals surface area (Å²) in [5, 5.41) is 8.36. The Morgan fingerprint density at radius 3 is 2.45 bits per heavy atom. The van der Waals surface area contributed by atoms with Crippen LogP contribution in [0.4, 0.5) is 5.82 Å². The van der Waals surface area contributed by atoms with Crippen molar-refractivity contribution in [2.24, 2.45) is 0 Å². The maximum Gasteiger partial charge on any atom is 0.216 e. The first-order chi connectivity index (χ1) is 14.9. The van der Waals surface area contributed by atoms with Crippen LogP contribution in [-0.2, 0) is 22.3 Å². The summed E-state index contributed by atoms with van der Waals surface area (Å²) in [4.78, 5) is 9.45. The predicted octanol–water partition coefficient (Wildman–Crippen LogP) is 4.80. The van der Waals surface area contributed by atoms with E-state index < -0.39 is 10.0 Å². The highest BCUT2D eigenvalue weighted by molar-refractivity contribution is 7.88. The molecule has 31 heavy (non-hydrogen) atoms. The van der Waals surface area contributed by atoms with Gasteiger partial charge in [0.2, 0.25) is 10.0 Å². The molecule has 0 aliphatic heterocycles. The average Bonchev–Trinajstić information content (AvgIpc) is 3.26. The van der Waals surface area contributed by atoms with E-state index in [0.29, 0.717) is 12.4 Å². The van der Waals surface area contributed by atoms with Gasteiger partial charge in [-0.1, -0.05) is 36.4 Å². The Balaban J connectivity index is 1.63. The number of fused-ring (bicyclic) bond motifs is 1. The zero-order chi connectivity index (χ0) is 21.8. The SMILES string of the molecule is CC(C)NS(=O)(=O)Cc1ccccc1CNc1nc(-c2ccsc2)nc2ccccc12. The minimum absolute atomic E-state index is 0.0618. The summed E-state index contributed by atoms with van der Waals surface area (Å²) < 4.78 is 27.5. The molecule has 0 fully saturated rings. The number of nitrogens with one attached hydrogen (secondary N) is 2. The fraction of sp³-hybridized carbons (Fsp3) is 0.217. The minimum atomic E-state index is -3.41. The second-order valence-electron chi connectivity index (χ2n) is 7.58. The van der Waals surface area contributed by atoms with Gasteiger partial charge in [0.15, 0.2) is 5.82 Å². The molecule has 0 saturated carbocycles. The Labute approximate surface area is 186 Å². The predicted molar refractivity (Wildman–Crippen MR) is 128 cm³/mol. The van der Waals surface area contributed by atoms with Crippen molar-refractivity contribution in [3.8, 4) is 11.4 Å². The van der Waals surface area contributed by atoms with Crippen molar-refractivity contribution in [1.29, 1.82) is 0 Å². The molecule has 0 atom stereocenters. The highest BCUT2D eigenvalue weighted by Crippen LogP contribution is 2.26. The largest absolute Gasteiger partial charge is 0.365 e. The van der Waals surface area contributed by atoms with Crippen LogP contribution < -0.4 is 10.0 Å². The Morgan fingerprint density at radius 1 is 0.968 bits per heavy atom. The molecule has 2 heterocycles. The number of nitrogens with zero attached hydrogens (tertiary/aromatic N) is 2. The van der Waals surface area contributed by atoms with Crippen LogP contribution in [-0.4, -0.2) is 24.4 Å². The smallest absolute Gasteiger partial charge is 0.216 e. The summed E-state index contributed by atoms with van der Waals surface area (Å²) in [6.45, 7) is 4.09. The fourth-order valence-corrected chi connectivity index (χ4v) is 5.51. The summed E-state index contributed by atoms with van der Waals surface area (Å²) in [5.74, 6) is 1.33. The molecular formula is C23H24N4O2S2. The van der Waals surface area contributed by atoms with Crippen molar-refractivity contribution < 1.29 is 8.42 Å². The molecular weight excluding hydrogens is 428 g/mol. The molecule has 0 saturated heterocycles. The Bertz CT molecular complexity index is 1290. The average molecular weight is 453 g/mol. The van der Waals surface area contributed by atoms with E-state index in [2.05, 4.69) is 10.0 Å². The summed E-state index contributed by atoms with van der Waals surface area (Å²) in [7, 11) is -3.41. The van der Waals surface area contributed by atoms with E-state index >= 15 is 0 Å². The lowest BCUT2D eigenvalue weighted by molar-refractivity contribution is 0.569. The first-order valence-electron chi connectivity index (χ1n) is 10.0. The maximum atomic E-state index is 12.4. The number of aromatic nitrogens is 2. The molecule has 0 unspecified atom stereocenters. The Morgan fingerprint density at radius 2 is 1.71 bits per heavy atom. The molecule has 2 N–H and O–H groups in total. The monoisotopic (exact) mass is 452 g/mol. The number of sulfonamides is 1. The molecule has 160 valence electrons. The number of rotatable bonds is 8. The number of anilines is 1. The standard InChI is InChI=1S/C23H24N4O2S2/c1-16(2)27-31(28,29)15-19-8-4-3-7-17(19)13-24-23-20-9-5-6-10-21(20)25-22(26-23)18-11-12-30-14-18/h3-12,14,16,27H,13,15H2,1-2H3,(H,24,25,26). The summed E-state index contributed by atoms with van der Waals surface area (Å²) in [5.41, 5.74) is 3.51. The van der Waals surface area contributed by atoms with Crippen LogP contribution in [0.5, 0.6) is 0 Å². The molecule has 0 spiro atoms. The molecule has 0 radical (unpaired) electrons. The van der Waals surface area contributed by atoms with Crippen LogP contribution in [0.2, 0.25) is 0 Å². The quantitative estimate of drug-likeness (QED) is 0.401. The summed E-state index contributed by atoms with van der Waals surface area (Å²) in [6.07, 6.45) is 0. The van der Waals surface area contributed by atoms with Crippen molar-refractivity contribution in [2.45, 2.75) is 32.2 Å². The second kappa shape index (κ2) is 9.13. The number of benzene rings is 2. The maximum absolute atomic E-state index is 12.4. The van der Waals surface area contributed by atoms with Crippen LogP contribution in [0.1, 0.15) is 25.0 Å². The van der Waals surface area contributed by atoms with Gasteiger partial charge in [-0.25, -0.2) is 23.1 Å². The van der Waals surface area contributed by atoms with E-state index in [9.17, 15) is 8.42 Å². The van der Waals surface area contributed by atoms with E-state index in [1.54, 1.807) is 11.3 Å². The van der Waals surface area contributed by atoms with Gasteiger partial charge in [-0.15, -0.1) is 0 Å². The number of para-hydroxylation sites is 1. The topological polar surface area (TPSA) is 84.0 Å². The first-order valence-corrected chi connectivity index (χ1v) is 12.6. The highest BCUT2D eigenvalue weighted by Gasteiger charge is 2.16. The van der Waals surface area contributed by atoms with Crippen LogP contribution in [0.3, 0.4) is 0 Å². The zero-order valence-corrected chi connectivity index (χ0v) is 19.0. The van der Waals surface area contributed by atoms with Crippen molar-refractivity contribution in [3.63, 3.8) is 0 Å². The van der Waals surface area contributed by atoms with Crippen LogP contribution in [0, 0.1) is 0 Å². The van der Waals surface area contributed by atoms with Crippen molar-refractivity contribution in [2.75, 3.05) is 5.32 Å². The van der Waals surface area contributed by atoms with Crippen LogP contribution >= 0.6 is 11.3 Å². The van der Waals surface area contributed by atoms with Crippen molar-refractivity contribution in [3.05, 3.63) is 76.5 Å². The van der Waals surface area contributed by atoms with E-state index in [1.807, 2.05) is 79.2 Å². The van der Waals surface area contributed by atoms with Gasteiger partial charge in [-0.05, 0) is 48.6 Å². The van der Waals surface area contributed by atoms with Gasteiger partial charge in [0.25, 0.3) is 0 Å². The van der Waals surface area contributed by atoms with Gasteiger partial charge in [-0.3, -0.25) is 0 Å². The van der Waals surface area contributed by atoms with Gasteiger partial charge in [0.05, 0.1) is 11.3 Å². The number of hydrogen-bond donors (Lipinski definition) is 2. The zero-order valence-electron chi connectivity index (χ0n) is 17.4. The van der Waals surface area contributed by atoms with Gasteiger partial charge in [-0.2, -0.15) is 11.3 Å². The fourth-order valence-electron chi connectivity index (χ4n) is 3.39. The minimum Gasteiger partial charge on any atom is -0.365 e. The second-order valence-corrected chi connectivity index (χ2v) is 10.1. The van der Waals surface area contributed by atoms with Gasteiger partial charge in [0.1, 0.15) is 5.82 Å². The van der Waals surface area contributed by atoms with E-state index in [1.165, 1.54) is 0 Å².